The van der Waals surface area contributed by atoms with Crippen LogP contribution in [0.5, 0.6) is 0 Å². The van der Waals surface area contributed by atoms with Crippen LogP contribution >= 0.6 is 11.6 Å². The molecule has 0 atom stereocenters. The lowest BCUT2D eigenvalue weighted by Crippen LogP contribution is -2.35. The highest BCUT2D eigenvalue weighted by molar-refractivity contribution is 6.32. The maximum atomic E-state index is 13.2. The molecule has 0 unspecified atom stereocenters. The van der Waals surface area contributed by atoms with Gasteiger partial charge in [-0.2, -0.15) is 0 Å². The molecule has 0 N–H and O–H groups in total. The topological polar surface area (TPSA) is 33.2 Å². The van der Waals surface area contributed by atoms with Crippen molar-refractivity contribution in [3.63, 3.8) is 0 Å². The Morgan fingerprint density at radius 3 is 2.78 bits per heavy atom. The molecule has 0 spiro atoms. The molecule has 0 radical (unpaired) electrons. The SMILES string of the molecule is O=C(c1cc(F)cnc1Cl)N(CC1CC1)C1CC1. The van der Waals surface area contributed by atoms with Crippen LogP contribution in [0.3, 0.4) is 0 Å². The van der Waals surface area contributed by atoms with Crippen LogP contribution in [-0.2, 0) is 0 Å². The zero-order chi connectivity index (χ0) is 12.7. The summed E-state index contributed by atoms with van der Waals surface area (Å²) in [6.07, 6.45) is 5.48. The van der Waals surface area contributed by atoms with Crippen LogP contribution < -0.4 is 0 Å². The molecule has 18 heavy (non-hydrogen) atoms. The van der Waals surface area contributed by atoms with Gasteiger partial charge >= 0.3 is 0 Å². The van der Waals surface area contributed by atoms with Gasteiger partial charge in [0.15, 0.2) is 0 Å². The molecule has 1 aromatic heterocycles. The first-order chi connectivity index (χ1) is 8.65. The molecule has 3 rings (SSSR count). The summed E-state index contributed by atoms with van der Waals surface area (Å²) in [6.45, 7) is 0.774. The molecular formula is C13H14ClFN2O. The average Bonchev–Trinajstić information content (AvgIpc) is 3.21. The summed E-state index contributed by atoms with van der Waals surface area (Å²) in [6, 6.07) is 1.50. The number of aromatic nitrogens is 1. The van der Waals surface area contributed by atoms with E-state index in [2.05, 4.69) is 4.98 Å². The molecule has 0 saturated heterocycles. The molecule has 2 aliphatic rings. The second-order valence-corrected chi connectivity index (χ2v) is 5.48. The predicted octanol–water partition coefficient (Wildman–Crippen LogP) is 2.89. The maximum absolute atomic E-state index is 13.2. The molecule has 0 aliphatic heterocycles. The minimum Gasteiger partial charge on any atom is -0.335 e. The number of carbonyl (C=O) groups excluding carboxylic acids is 1. The smallest absolute Gasteiger partial charge is 0.257 e. The van der Waals surface area contributed by atoms with Crippen molar-refractivity contribution in [2.75, 3.05) is 6.54 Å². The van der Waals surface area contributed by atoms with E-state index in [1.807, 2.05) is 4.90 Å². The molecule has 0 aromatic carbocycles. The molecule has 2 aliphatic carbocycles. The fourth-order valence-corrected chi connectivity index (χ4v) is 2.27. The zero-order valence-corrected chi connectivity index (χ0v) is 10.7. The van der Waals surface area contributed by atoms with Crippen molar-refractivity contribution in [1.82, 2.24) is 9.88 Å². The number of carbonyl (C=O) groups is 1. The first-order valence-corrected chi connectivity index (χ1v) is 6.65. The molecule has 1 amide bonds. The van der Waals surface area contributed by atoms with Crippen LogP contribution in [0.25, 0.3) is 0 Å². The van der Waals surface area contributed by atoms with Gasteiger partial charge in [-0.3, -0.25) is 4.79 Å². The molecule has 2 saturated carbocycles. The fourth-order valence-electron chi connectivity index (χ4n) is 2.09. The number of hydrogen-bond donors (Lipinski definition) is 0. The Labute approximate surface area is 110 Å². The summed E-state index contributed by atoms with van der Waals surface area (Å²) in [4.78, 5) is 17.9. The first-order valence-electron chi connectivity index (χ1n) is 6.27. The number of rotatable bonds is 4. The van der Waals surface area contributed by atoms with E-state index in [9.17, 15) is 9.18 Å². The second-order valence-electron chi connectivity index (χ2n) is 5.12. The van der Waals surface area contributed by atoms with Gasteiger partial charge in [-0.05, 0) is 37.7 Å². The van der Waals surface area contributed by atoms with E-state index in [1.165, 1.54) is 18.9 Å². The lowest BCUT2D eigenvalue weighted by atomic mass is 10.2. The van der Waals surface area contributed by atoms with E-state index in [1.54, 1.807) is 0 Å². The summed E-state index contributed by atoms with van der Waals surface area (Å²) < 4.78 is 13.2. The normalized spacial score (nSPS) is 18.8. The lowest BCUT2D eigenvalue weighted by Gasteiger charge is -2.22. The molecule has 0 bridgehead atoms. The van der Waals surface area contributed by atoms with Crippen molar-refractivity contribution < 1.29 is 9.18 Å². The molecular weight excluding hydrogens is 255 g/mol. The van der Waals surface area contributed by atoms with E-state index >= 15 is 0 Å². The van der Waals surface area contributed by atoms with E-state index in [0.717, 1.165) is 25.6 Å². The highest BCUT2D eigenvalue weighted by Gasteiger charge is 2.37. The van der Waals surface area contributed by atoms with Gasteiger partial charge < -0.3 is 4.90 Å². The summed E-state index contributed by atoms with van der Waals surface area (Å²) in [5.41, 5.74) is 0.184. The van der Waals surface area contributed by atoms with Gasteiger partial charge in [-0.25, -0.2) is 9.37 Å². The summed E-state index contributed by atoms with van der Waals surface area (Å²) in [7, 11) is 0. The van der Waals surface area contributed by atoms with Crippen molar-refractivity contribution in [2.45, 2.75) is 31.7 Å². The van der Waals surface area contributed by atoms with E-state index < -0.39 is 5.82 Å². The Balaban J connectivity index is 1.83. The minimum absolute atomic E-state index is 0.0860. The van der Waals surface area contributed by atoms with Crippen LogP contribution in [0.1, 0.15) is 36.0 Å². The zero-order valence-electron chi connectivity index (χ0n) is 9.90. The summed E-state index contributed by atoms with van der Waals surface area (Å²) >= 11 is 5.89. The third-order valence-electron chi connectivity index (χ3n) is 3.44. The monoisotopic (exact) mass is 268 g/mol. The second kappa shape index (κ2) is 4.50. The number of pyridine rings is 1. The van der Waals surface area contributed by atoms with Crippen molar-refractivity contribution in [2.24, 2.45) is 5.92 Å². The number of halogens is 2. The molecule has 1 heterocycles. The average molecular weight is 269 g/mol. The van der Waals surface area contributed by atoms with Crippen molar-refractivity contribution >= 4 is 17.5 Å². The minimum atomic E-state index is -0.523. The van der Waals surface area contributed by atoms with Crippen LogP contribution in [0, 0.1) is 11.7 Å². The quantitative estimate of drug-likeness (QED) is 0.787. The van der Waals surface area contributed by atoms with Crippen LogP contribution in [0.4, 0.5) is 4.39 Å². The standard InChI is InChI=1S/C13H14ClFN2O/c14-12-11(5-9(15)6-16-12)13(18)17(10-3-4-10)7-8-1-2-8/h5-6,8,10H,1-4,7H2. The Bertz CT molecular complexity index is 486. The van der Waals surface area contributed by atoms with Gasteiger partial charge in [0, 0.05) is 12.6 Å². The third-order valence-corrected chi connectivity index (χ3v) is 3.74. The number of nitrogens with zero attached hydrogens (tertiary/aromatic N) is 2. The van der Waals surface area contributed by atoms with Gasteiger partial charge in [-0.1, -0.05) is 11.6 Å². The summed E-state index contributed by atoms with van der Waals surface area (Å²) in [5, 5.41) is 0.0860. The molecule has 1 aromatic rings. The molecule has 2 fully saturated rings. The van der Waals surface area contributed by atoms with Crippen LogP contribution in [0.2, 0.25) is 5.15 Å². The molecule has 5 heteroatoms. The molecule has 96 valence electrons. The first kappa shape index (κ1) is 11.9. The van der Waals surface area contributed by atoms with Gasteiger partial charge in [0.05, 0.1) is 11.8 Å². The fraction of sp³-hybridized carbons (Fsp3) is 0.538. The number of hydrogen-bond acceptors (Lipinski definition) is 2. The van der Waals surface area contributed by atoms with Crippen LogP contribution in [-0.4, -0.2) is 28.4 Å². The highest BCUT2D eigenvalue weighted by atomic mass is 35.5. The van der Waals surface area contributed by atoms with E-state index in [4.69, 9.17) is 11.6 Å². The maximum Gasteiger partial charge on any atom is 0.257 e. The Hall–Kier alpha value is -1.16. The Morgan fingerprint density at radius 1 is 1.44 bits per heavy atom. The highest BCUT2D eigenvalue weighted by Crippen LogP contribution is 2.36. The van der Waals surface area contributed by atoms with Gasteiger partial charge in [0.2, 0.25) is 0 Å². The van der Waals surface area contributed by atoms with Crippen molar-refractivity contribution in [1.29, 1.82) is 0 Å². The number of amides is 1. The van der Waals surface area contributed by atoms with Gasteiger partial charge in [0.25, 0.3) is 5.91 Å². The van der Waals surface area contributed by atoms with Crippen molar-refractivity contribution in [3.8, 4) is 0 Å². The van der Waals surface area contributed by atoms with Gasteiger partial charge in [0.1, 0.15) is 11.0 Å². The third kappa shape index (κ3) is 2.48. The van der Waals surface area contributed by atoms with Gasteiger partial charge in [-0.15, -0.1) is 0 Å². The van der Waals surface area contributed by atoms with E-state index in [0.29, 0.717) is 12.0 Å². The van der Waals surface area contributed by atoms with Crippen LogP contribution in [0.15, 0.2) is 12.3 Å². The molecule has 3 nitrogen and oxygen atoms in total. The predicted molar refractivity (Wildman–Crippen MR) is 66.0 cm³/mol. The Morgan fingerprint density at radius 2 is 2.17 bits per heavy atom. The Kier molecular flexibility index (Phi) is 2.98. The lowest BCUT2D eigenvalue weighted by molar-refractivity contribution is 0.0734. The largest absolute Gasteiger partial charge is 0.335 e. The van der Waals surface area contributed by atoms with Crippen molar-refractivity contribution in [3.05, 3.63) is 28.8 Å². The summed E-state index contributed by atoms with van der Waals surface area (Å²) in [5.74, 6) is -0.0823. The van der Waals surface area contributed by atoms with E-state index in [-0.39, 0.29) is 16.6 Å².